The van der Waals surface area contributed by atoms with Crippen molar-refractivity contribution in [1.82, 2.24) is 0 Å². The van der Waals surface area contributed by atoms with E-state index < -0.39 is 0 Å². The zero-order valence-electron chi connectivity index (χ0n) is 8.77. The zero-order chi connectivity index (χ0) is 11.0. The molecule has 16 heavy (non-hydrogen) atoms. The van der Waals surface area contributed by atoms with Crippen molar-refractivity contribution in [3.8, 4) is 0 Å². The maximum Gasteiger partial charge on any atom is 0.0513 e. The van der Waals surface area contributed by atoms with Gasteiger partial charge in [-0.1, -0.05) is 35.7 Å². The lowest BCUT2D eigenvalue weighted by molar-refractivity contribution is 1.27. The first kappa shape index (κ1) is 10.5. The maximum absolute atomic E-state index is 2.30. The summed E-state index contributed by atoms with van der Waals surface area (Å²) in [4.78, 5) is 4.14. The highest BCUT2D eigenvalue weighted by Gasteiger charge is 2.16. The molecule has 0 saturated heterocycles. The van der Waals surface area contributed by atoms with Crippen LogP contribution in [-0.4, -0.2) is 0 Å². The van der Waals surface area contributed by atoms with E-state index in [-0.39, 0.29) is 0 Å². The van der Waals surface area contributed by atoms with E-state index in [1.807, 2.05) is 34.9 Å². The molecule has 0 bridgehead atoms. The third kappa shape index (κ3) is 1.95. The van der Waals surface area contributed by atoms with Crippen molar-refractivity contribution in [1.29, 1.82) is 0 Å². The molecular formula is C13H10S3. The molecule has 0 fully saturated rings. The Labute approximate surface area is 108 Å². The summed E-state index contributed by atoms with van der Waals surface area (Å²) < 4.78 is 1.38. The molecule has 2 heterocycles. The van der Waals surface area contributed by atoms with E-state index >= 15 is 0 Å². The van der Waals surface area contributed by atoms with Gasteiger partial charge in [0.2, 0.25) is 0 Å². The number of hydrogen-bond acceptors (Lipinski definition) is 3. The van der Waals surface area contributed by atoms with Crippen molar-refractivity contribution in [2.45, 2.75) is 16.7 Å². The number of fused-ring (bicyclic) bond motifs is 1. The van der Waals surface area contributed by atoms with Crippen molar-refractivity contribution in [3.05, 3.63) is 50.4 Å². The summed E-state index contributed by atoms with van der Waals surface area (Å²) in [6, 6.07) is 10.8. The van der Waals surface area contributed by atoms with Crippen molar-refractivity contribution in [3.63, 3.8) is 0 Å². The molecule has 0 nitrogen and oxygen atoms in total. The molecule has 0 spiro atoms. The summed E-state index contributed by atoms with van der Waals surface area (Å²) in [6.45, 7) is 2.17. The number of aryl methyl sites for hydroxylation is 1. The zero-order valence-corrected chi connectivity index (χ0v) is 11.2. The van der Waals surface area contributed by atoms with Gasteiger partial charge in [-0.2, -0.15) is 0 Å². The monoisotopic (exact) mass is 262 g/mol. The van der Waals surface area contributed by atoms with Gasteiger partial charge in [-0.15, -0.1) is 11.3 Å². The minimum atomic E-state index is 1.37. The fourth-order valence-corrected chi connectivity index (χ4v) is 4.94. The second kappa shape index (κ2) is 4.32. The summed E-state index contributed by atoms with van der Waals surface area (Å²) in [5.41, 5.74) is 1.37. The lowest BCUT2D eigenvalue weighted by Crippen LogP contribution is -1.68. The van der Waals surface area contributed by atoms with Gasteiger partial charge in [-0.05, 0) is 42.1 Å². The van der Waals surface area contributed by atoms with Crippen LogP contribution in [0.15, 0.2) is 49.7 Å². The molecule has 80 valence electrons. The molecule has 2 aromatic rings. The SMILES string of the molecule is Cc1ccsc1C=C1Sc2ccccc2S1. The predicted molar refractivity (Wildman–Crippen MR) is 75.2 cm³/mol. The highest BCUT2D eigenvalue weighted by atomic mass is 32.2. The average Bonchev–Trinajstić information content (AvgIpc) is 2.85. The molecule has 0 atom stereocenters. The summed E-state index contributed by atoms with van der Waals surface area (Å²) in [5, 5.41) is 2.15. The van der Waals surface area contributed by atoms with Gasteiger partial charge in [0.05, 0.1) is 4.24 Å². The Morgan fingerprint density at radius 3 is 2.25 bits per heavy atom. The average molecular weight is 262 g/mol. The van der Waals surface area contributed by atoms with Gasteiger partial charge in [0, 0.05) is 14.7 Å². The first-order chi connectivity index (χ1) is 7.83. The molecule has 0 saturated carbocycles. The van der Waals surface area contributed by atoms with Crippen LogP contribution in [0.3, 0.4) is 0 Å². The predicted octanol–water partition coefficient (Wildman–Crippen LogP) is 5.25. The van der Waals surface area contributed by atoms with Crippen LogP contribution in [0.25, 0.3) is 6.08 Å². The van der Waals surface area contributed by atoms with Crippen LogP contribution in [0.1, 0.15) is 10.4 Å². The fraction of sp³-hybridized carbons (Fsp3) is 0.0769. The minimum absolute atomic E-state index is 1.37. The van der Waals surface area contributed by atoms with Crippen LogP contribution < -0.4 is 0 Å². The van der Waals surface area contributed by atoms with Gasteiger partial charge in [0.15, 0.2) is 0 Å². The number of rotatable bonds is 1. The molecule has 0 unspecified atom stereocenters. The molecule has 1 aromatic heterocycles. The minimum Gasteiger partial charge on any atom is -0.144 e. The fourth-order valence-electron chi connectivity index (χ4n) is 1.55. The van der Waals surface area contributed by atoms with Gasteiger partial charge >= 0.3 is 0 Å². The highest BCUT2D eigenvalue weighted by Crippen LogP contribution is 2.51. The van der Waals surface area contributed by atoms with E-state index in [4.69, 9.17) is 0 Å². The van der Waals surface area contributed by atoms with Crippen LogP contribution in [0, 0.1) is 6.92 Å². The van der Waals surface area contributed by atoms with E-state index in [9.17, 15) is 0 Å². The first-order valence-electron chi connectivity index (χ1n) is 5.03. The van der Waals surface area contributed by atoms with Gasteiger partial charge in [0.25, 0.3) is 0 Å². The van der Waals surface area contributed by atoms with Gasteiger partial charge in [0.1, 0.15) is 0 Å². The molecule has 0 N–H and O–H groups in total. The molecule has 1 aromatic carbocycles. The van der Waals surface area contributed by atoms with Crippen molar-refractivity contribution >= 4 is 40.9 Å². The third-order valence-corrected chi connectivity index (χ3v) is 5.81. The summed E-state index contributed by atoms with van der Waals surface area (Å²) in [5.74, 6) is 0. The van der Waals surface area contributed by atoms with Crippen LogP contribution in [0.2, 0.25) is 0 Å². The topological polar surface area (TPSA) is 0 Å². The summed E-state index contributed by atoms with van der Waals surface area (Å²) >= 11 is 5.56. The molecule has 1 aliphatic heterocycles. The van der Waals surface area contributed by atoms with Crippen LogP contribution in [-0.2, 0) is 0 Å². The van der Waals surface area contributed by atoms with Crippen molar-refractivity contribution in [2.24, 2.45) is 0 Å². The Bertz CT molecular complexity index is 525. The quantitative estimate of drug-likeness (QED) is 0.688. The lowest BCUT2D eigenvalue weighted by Gasteiger charge is -1.93. The molecule has 1 aliphatic rings. The molecule has 0 amide bonds. The largest absolute Gasteiger partial charge is 0.144 e. The Kier molecular flexibility index (Phi) is 2.84. The van der Waals surface area contributed by atoms with E-state index in [1.54, 1.807) is 0 Å². The molecule has 0 radical (unpaired) electrons. The third-order valence-electron chi connectivity index (χ3n) is 2.42. The molecule has 3 heteroatoms. The maximum atomic E-state index is 2.30. The van der Waals surface area contributed by atoms with Crippen LogP contribution >= 0.6 is 34.9 Å². The lowest BCUT2D eigenvalue weighted by atomic mass is 10.3. The Hall–Kier alpha value is -0.640. The van der Waals surface area contributed by atoms with E-state index in [1.165, 1.54) is 24.5 Å². The Morgan fingerprint density at radius 2 is 1.69 bits per heavy atom. The Morgan fingerprint density at radius 1 is 1.00 bits per heavy atom. The number of thioether (sulfide) groups is 2. The van der Waals surface area contributed by atoms with Crippen molar-refractivity contribution in [2.75, 3.05) is 0 Å². The molecule has 3 rings (SSSR count). The van der Waals surface area contributed by atoms with E-state index in [0.717, 1.165) is 0 Å². The second-order valence-electron chi connectivity index (χ2n) is 3.58. The summed E-state index contributed by atoms with van der Waals surface area (Å²) in [6.07, 6.45) is 2.30. The number of thiophene rings is 1. The van der Waals surface area contributed by atoms with Gasteiger partial charge in [-0.3, -0.25) is 0 Å². The van der Waals surface area contributed by atoms with Crippen LogP contribution in [0.4, 0.5) is 0 Å². The molecular weight excluding hydrogens is 252 g/mol. The van der Waals surface area contributed by atoms with Crippen LogP contribution in [0.5, 0.6) is 0 Å². The molecule has 0 aliphatic carbocycles. The van der Waals surface area contributed by atoms with E-state index in [0.29, 0.717) is 0 Å². The van der Waals surface area contributed by atoms with Crippen molar-refractivity contribution < 1.29 is 0 Å². The number of benzene rings is 1. The van der Waals surface area contributed by atoms with Gasteiger partial charge in [-0.25, -0.2) is 0 Å². The first-order valence-corrected chi connectivity index (χ1v) is 7.55. The van der Waals surface area contributed by atoms with E-state index in [2.05, 4.69) is 48.7 Å². The summed E-state index contributed by atoms with van der Waals surface area (Å²) in [7, 11) is 0. The second-order valence-corrected chi connectivity index (χ2v) is 6.96. The smallest absolute Gasteiger partial charge is 0.0513 e. The number of hydrogen-bond donors (Lipinski definition) is 0. The normalized spacial score (nSPS) is 13.9. The highest BCUT2D eigenvalue weighted by molar-refractivity contribution is 8.25. The van der Waals surface area contributed by atoms with Gasteiger partial charge < -0.3 is 0 Å². The Balaban J connectivity index is 1.92. The standard InChI is InChI=1S/C13H10S3/c1-9-6-7-14-12(9)8-13-15-10-4-2-3-5-11(10)16-13/h2-8H,1H3.